The van der Waals surface area contributed by atoms with E-state index in [1.807, 2.05) is 0 Å². The number of benzene rings is 1. The highest BCUT2D eigenvalue weighted by Crippen LogP contribution is 2.19. The van der Waals surface area contributed by atoms with Crippen LogP contribution in [0.25, 0.3) is 0 Å². The Morgan fingerprint density at radius 2 is 1.92 bits per heavy atom. The van der Waals surface area contributed by atoms with Gasteiger partial charge < -0.3 is 14.5 Å². The average Bonchev–Trinajstić information content (AvgIpc) is 2.59. The zero-order chi connectivity index (χ0) is 17.7. The van der Waals surface area contributed by atoms with Crippen LogP contribution in [0.15, 0.2) is 24.3 Å². The fraction of sp³-hybridized carbons (Fsp3) is 0.500. The van der Waals surface area contributed by atoms with Gasteiger partial charge in [-0.15, -0.1) is 0 Å². The number of hydrogen-bond acceptors (Lipinski definition) is 4. The minimum Gasteiger partial charge on any atom is -0.465 e. The van der Waals surface area contributed by atoms with Crippen LogP contribution in [0.3, 0.4) is 0 Å². The lowest BCUT2D eigenvalue weighted by Gasteiger charge is -2.32. The van der Waals surface area contributed by atoms with Crippen molar-refractivity contribution >= 4 is 23.5 Å². The van der Waals surface area contributed by atoms with Crippen LogP contribution in [0.5, 0.6) is 0 Å². The second-order valence-corrected chi connectivity index (χ2v) is 6.21. The highest BCUT2D eigenvalue weighted by Gasteiger charge is 2.24. The van der Waals surface area contributed by atoms with Gasteiger partial charge in [0.15, 0.2) is 0 Å². The molecule has 1 aromatic carbocycles. The van der Waals surface area contributed by atoms with Crippen molar-refractivity contribution in [2.24, 2.45) is 5.92 Å². The van der Waals surface area contributed by atoms with Crippen LogP contribution >= 0.6 is 0 Å². The zero-order valence-electron chi connectivity index (χ0n) is 14.4. The number of piperidine rings is 1. The van der Waals surface area contributed by atoms with Crippen molar-refractivity contribution in [3.63, 3.8) is 0 Å². The van der Waals surface area contributed by atoms with Crippen molar-refractivity contribution in [3.05, 3.63) is 29.8 Å². The molecule has 1 aliphatic rings. The fourth-order valence-corrected chi connectivity index (χ4v) is 2.80. The molecule has 0 spiro atoms. The van der Waals surface area contributed by atoms with E-state index in [2.05, 4.69) is 6.92 Å². The Balaban J connectivity index is 2.13. The summed E-state index contributed by atoms with van der Waals surface area (Å²) in [6, 6.07) is 6.56. The van der Waals surface area contributed by atoms with Gasteiger partial charge in [-0.2, -0.15) is 0 Å². The van der Waals surface area contributed by atoms with E-state index in [0.29, 0.717) is 17.2 Å². The highest BCUT2D eigenvalue weighted by molar-refractivity contribution is 5.99. The summed E-state index contributed by atoms with van der Waals surface area (Å²) in [6.45, 7) is 5.04. The van der Waals surface area contributed by atoms with Gasteiger partial charge >= 0.3 is 5.97 Å². The van der Waals surface area contributed by atoms with E-state index in [4.69, 9.17) is 4.74 Å². The molecule has 0 atom stereocenters. The molecule has 0 unspecified atom stereocenters. The second kappa shape index (κ2) is 7.95. The van der Waals surface area contributed by atoms with Crippen molar-refractivity contribution < 1.29 is 19.1 Å². The van der Waals surface area contributed by atoms with Crippen molar-refractivity contribution in [1.29, 1.82) is 0 Å². The number of carbonyl (C=O) groups excluding carboxylic acids is 3. The average molecular weight is 332 g/mol. The van der Waals surface area contributed by atoms with E-state index in [9.17, 15) is 14.4 Å². The molecular weight excluding hydrogens is 308 g/mol. The Morgan fingerprint density at radius 1 is 1.25 bits per heavy atom. The minimum absolute atomic E-state index is 0.0195. The number of ether oxygens (including phenoxy) is 1. The molecule has 2 rings (SSSR count). The van der Waals surface area contributed by atoms with Gasteiger partial charge in [-0.25, -0.2) is 4.79 Å². The lowest BCUT2D eigenvalue weighted by Crippen LogP contribution is -2.45. The molecule has 1 aromatic rings. The van der Waals surface area contributed by atoms with Crippen LogP contribution < -0.4 is 4.90 Å². The summed E-state index contributed by atoms with van der Waals surface area (Å²) in [4.78, 5) is 39.4. The predicted molar refractivity (Wildman–Crippen MR) is 90.8 cm³/mol. The van der Waals surface area contributed by atoms with Crippen molar-refractivity contribution in [1.82, 2.24) is 4.90 Å². The monoisotopic (exact) mass is 332 g/mol. The number of likely N-dealkylation sites (tertiary alicyclic amines) is 1. The topological polar surface area (TPSA) is 66.9 Å². The van der Waals surface area contributed by atoms with Gasteiger partial charge in [-0.05, 0) is 37.0 Å². The molecule has 0 bridgehead atoms. The summed E-state index contributed by atoms with van der Waals surface area (Å²) in [5, 5.41) is 0. The first kappa shape index (κ1) is 18.0. The standard InChI is InChI=1S/C18H24N2O4/c1-13-7-9-19(10-8-13)17(22)12-20(14(2)21)16-6-4-5-15(11-16)18(23)24-3/h4-6,11,13H,7-10,12H2,1-3H3. The second-order valence-electron chi connectivity index (χ2n) is 6.21. The first-order valence-electron chi connectivity index (χ1n) is 8.16. The minimum atomic E-state index is -0.475. The van der Waals surface area contributed by atoms with E-state index in [0.717, 1.165) is 25.9 Å². The van der Waals surface area contributed by atoms with Crippen LogP contribution in [-0.2, 0) is 14.3 Å². The third-order valence-corrected chi connectivity index (χ3v) is 4.39. The van der Waals surface area contributed by atoms with Gasteiger partial charge in [-0.3, -0.25) is 9.59 Å². The SMILES string of the molecule is COC(=O)c1cccc(N(CC(=O)N2CCC(C)CC2)C(C)=O)c1. The first-order chi connectivity index (χ1) is 11.4. The first-order valence-corrected chi connectivity index (χ1v) is 8.16. The number of rotatable bonds is 4. The molecular formula is C18H24N2O4. The molecule has 6 heteroatoms. The highest BCUT2D eigenvalue weighted by atomic mass is 16.5. The van der Waals surface area contributed by atoms with E-state index in [-0.39, 0.29) is 18.4 Å². The Morgan fingerprint density at radius 3 is 2.50 bits per heavy atom. The fourth-order valence-electron chi connectivity index (χ4n) is 2.80. The number of esters is 1. The molecule has 0 aromatic heterocycles. The van der Waals surface area contributed by atoms with Gasteiger partial charge in [0.05, 0.1) is 12.7 Å². The summed E-state index contributed by atoms with van der Waals surface area (Å²) in [7, 11) is 1.30. The Labute approximate surface area is 142 Å². The van der Waals surface area contributed by atoms with Gasteiger partial charge in [0.1, 0.15) is 6.54 Å². The molecule has 6 nitrogen and oxygen atoms in total. The summed E-state index contributed by atoms with van der Waals surface area (Å²) in [5.41, 5.74) is 0.865. The molecule has 1 heterocycles. The van der Waals surface area contributed by atoms with Crippen LogP contribution in [0.2, 0.25) is 0 Å². The quantitative estimate of drug-likeness (QED) is 0.792. The van der Waals surface area contributed by atoms with E-state index >= 15 is 0 Å². The molecule has 24 heavy (non-hydrogen) atoms. The molecule has 1 fully saturated rings. The van der Waals surface area contributed by atoms with E-state index in [1.165, 1.54) is 18.9 Å². The number of hydrogen-bond donors (Lipinski definition) is 0. The van der Waals surface area contributed by atoms with Gasteiger partial charge in [0, 0.05) is 25.7 Å². The molecule has 0 N–H and O–H groups in total. The molecule has 1 aliphatic heterocycles. The predicted octanol–water partition coefficient (Wildman–Crippen LogP) is 2.08. The molecule has 0 radical (unpaired) electrons. The van der Waals surface area contributed by atoms with Crippen molar-refractivity contribution in [2.45, 2.75) is 26.7 Å². The van der Waals surface area contributed by atoms with E-state index in [1.54, 1.807) is 29.2 Å². The Bertz CT molecular complexity index is 621. The number of nitrogens with zero attached hydrogens (tertiary/aromatic N) is 2. The maximum absolute atomic E-state index is 12.5. The largest absolute Gasteiger partial charge is 0.465 e. The molecule has 2 amide bonds. The number of amides is 2. The Hall–Kier alpha value is -2.37. The zero-order valence-corrected chi connectivity index (χ0v) is 14.4. The normalized spacial score (nSPS) is 15.0. The van der Waals surface area contributed by atoms with Crippen molar-refractivity contribution in [3.8, 4) is 0 Å². The van der Waals surface area contributed by atoms with Crippen LogP contribution in [0.1, 0.15) is 37.0 Å². The molecule has 130 valence electrons. The van der Waals surface area contributed by atoms with E-state index < -0.39 is 5.97 Å². The lowest BCUT2D eigenvalue weighted by molar-refractivity contribution is -0.132. The summed E-state index contributed by atoms with van der Waals surface area (Å²) >= 11 is 0. The maximum atomic E-state index is 12.5. The maximum Gasteiger partial charge on any atom is 0.337 e. The van der Waals surface area contributed by atoms with Gasteiger partial charge in [-0.1, -0.05) is 13.0 Å². The Kier molecular flexibility index (Phi) is 5.95. The van der Waals surface area contributed by atoms with Gasteiger partial charge in [0.2, 0.25) is 11.8 Å². The molecule has 1 saturated heterocycles. The van der Waals surface area contributed by atoms with Crippen LogP contribution in [-0.4, -0.2) is 49.4 Å². The summed E-state index contributed by atoms with van der Waals surface area (Å²) < 4.78 is 4.70. The molecule has 0 saturated carbocycles. The number of carbonyl (C=O) groups is 3. The van der Waals surface area contributed by atoms with Crippen LogP contribution in [0.4, 0.5) is 5.69 Å². The lowest BCUT2D eigenvalue weighted by atomic mass is 9.99. The smallest absolute Gasteiger partial charge is 0.337 e. The van der Waals surface area contributed by atoms with Gasteiger partial charge in [0.25, 0.3) is 0 Å². The third kappa shape index (κ3) is 4.34. The van der Waals surface area contributed by atoms with Crippen molar-refractivity contribution in [2.75, 3.05) is 31.6 Å². The number of methoxy groups -OCH3 is 1. The third-order valence-electron chi connectivity index (χ3n) is 4.39. The number of anilines is 1. The van der Waals surface area contributed by atoms with Crippen LogP contribution in [0, 0.1) is 5.92 Å². The summed E-state index contributed by atoms with van der Waals surface area (Å²) in [6.07, 6.45) is 1.98. The summed E-state index contributed by atoms with van der Waals surface area (Å²) in [5.74, 6) is -0.150. The molecule has 0 aliphatic carbocycles.